The Kier molecular flexibility index (Phi) is 5.87. The van der Waals surface area contributed by atoms with Gasteiger partial charge in [-0.3, -0.25) is 19.8 Å². The normalized spacial score (nSPS) is 14.6. The minimum Gasteiger partial charge on any atom is -0.495 e. The number of nitrogens with zero attached hydrogens (tertiary/aromatic N) is 3. The van der Waals surface area contributed by atoms with Crippen molar-refractivity contribution in [2.24, 2.45) is 0 Å². The molecule has 0 aromatic heterocycles. The van der Waals surface area contributed by atoms with Gasteiger partial charge in [-0.25, -0.2) is 0 Å². The SMILES string of the molecule is COc1ccccc1NC(=O)CN1CCN(c2ccccc2[N+](=O)[O-])CC1. The zero-order valence-electron chi connectivity index (χ0n) is 15.1. The van der Waals surface area contributed by atoms with Crippen molar-refractivity contribution in [2.45, 2.75) is 0 Å². The average molecular weight is 370 g/mol. The number of rotatable bonds is 6. The first kappa shape index (κ1) is 18.7. The third-order valence-electron chi connectivity index (χ3n) is 4.54. The zero-order valence-corrected chi connectivity index (χ0v) is 15.1. The van der Waals surface area contributed by atoms with Crippen LogP contribution in [0.25, 0.3) is 0 Å². The molecular formula is C19H22N4O4. The lowest BCUT2D eigenvalue weighted by Crippen LogP contribution is -2.48. The lowest BCUT2D eigenvalue weighted by atomic mass is 10.2. The van der Waals surface area contributed by atoms with Crippen LogP contribution in [-0.2, 0) is 4.79 Å². The Labute approximate surface area is 157 Å². The summed E-state index contributed by atoms with van der Waals surface area (Å²) in [5.41, 5.74) is 1.38. The third-order valence-corrected chi connectivity index (χ3v) is 4.54. The monoisotopic (exact) mass is 370 g/mol. The lowest BCUT2D eigenvalue weighted by Gasteiger charge is -2.35. The smallest absolute Gasteiger partial charge is 0.292 e. The number of nitrogens with one attached hydrogen (secondary N) is 1. The fourth-order valence-electron chi connectivity index (χ4n) is 3.17. The van der Waals surface area contributed by atoms with Crippen LogP contribution in [0.1, 0.15) is 0 Å². The van der Waals surface area contributed by atoms with Gasteiger partial charge in [-0.1, -0.05) is 24.3 Å². The number of hydrogen-bond acceptors (Lipinski definition) is 6. The summed E-state index contributed by atoms with van der Waals surface area (Å²) in [7, 11) is 1.56. The van der Waals surface area contributed by atoms with Gasteiger partial charge in [0.25, 0.3) is 5.69 Å². The van der Waals surface area contributed by atoms with Crippen molar-refractivity contribution in [1.29, 1.82) is 0 Å². The molecule has 1 N–H and O–H groups in total. The summed E-state index contributed by atoms with van der Waals surface area (Å²) in [5.74, 6) is 0.505. The van der Waals surface area contributed by atoms with Crippen molar-refractivity contribution in [3.63, 3.8) is 0 Å². The molecule has 3 rings (SSSR count). The highest BCUT2D eigenvalue weighted by molar-refractivity contribution is 5.93. The van der Waals surface area contributed by atoms with Crippen LogP contribution in [0.5, 0.6) is 5.75 Å². The number of piperazine rings is 1. The fourth-order valence-corrected chi connectivity index (χ4v) is 3.17. The number of anilines is 2. The van der Waals surface area contributed by atoms with Crippen LogP contribution in [0.2, 0.25) is 0 Å². The van der Waals surface area contributed by atoms with Crippen LogP contribution in [0.4, 0.5) is 17.1 Å². The van der Waals surface area contributed by atoms with Crippen LogP contribution in [0.3, 0.4) is 0 Å². The molecule has 2 aromatic carbocycles. The summed E-state index contributed by atoms with van der Waals surface area (Å²) in [5, 5.41) is 14.1. The second-order valence-corrected chi connectivity index (χ2v) is 6.26. The number of para-hydroxylation sites is 4. The van der Waals surface area contributed by atoms with E-state index in [1.54, 1.807) is 37.4 Å². The summed E-state index contributed by atoms with van der Waals surface area (Å²) < 4.78 is 5.24. The van der Waals surface area contributed by atoms with Crippen LogP contribution in [0.15, 0.2) is 48.5 Å². The Hall–Kier alpha value is -3.13. The largest absolute Gasteiger partial charge is 0.495 e. The van der Waals surface area contributed by atoms with E-state index in [1.165, 1.54) is 6.07 Å². The molecule has 1 saturated heterocycles. The molecule has 0 aliphatic carbocycles. The molecule has 1 aliphatic rings. The van der Waals surface area contributed by atoms with Crippen molar-refractivity contribution in [3.8, 4) is 5.75 Å². The van der Waals surface area contributed by atoms with Gasteiger partial charge in [-0.05, 0) is 18.2 Å². The Morgan fingerprint density at radius 2 is 1.78 bits per heavy atom. The topological polar surface area (TPSA) is 88.0 Å². The number of nitro benzene ring substituents is 1. The van der Waals surface area contributed by atoms with E-state index in [9.17, 15) is 14.9 Å². The summed E-state index contributed by atoms with van der Waals surface area (Å²) in [4.78, 5) is 27.2. The molecular weight excluding hydrogens is 348 g/mol. The van der Waals surface area contributed by atoms with Gasteiger partial charge in [0, 0.05) is 32.2 Å². The first-order chi connectivity index (χ1) is 13.1. The van der Waals surface area contributed by atoms with Gasteiger partial charge in [0.1, 0.15) is 11.4 Å². The Morgan fingerprint density at radius 3 is 2.48 bits per heavy atom. The molecule has 142 valence electrons. The number of amides is 1. The van der Waals surface area contributed by atoms with Crippen LogP contribution in [0, 0.1) is 10.1 Å². The maximum absolute atomic E-state index is 12.3. The number of nitro groups is 1. The molecule has 1 aliphatic heterocycles. The number of carbonyl (C=O) groups excluding carboxylic acids is 1. The summed E-state index contributed by atoms with van der Waals surface area (Å²) >= 11 is 0. The second-order valence-electron chi connectivity index (χ2n) is 6.26. The highest BCUT2D eigenvalue weighted by atomic mass is 16.6. The van der Waals surface area contributed by atoms with Gasteiger partial charge in [0.15, 0.2) is 0 Å². The highest BCUT2D eigenvalue weighted by Crippen LogP contribution is 2.28. The molecule has 2 aromatic rings. The lowest BCUT2D eigenvalue weighted by molar-refractivity contribution is -0.384. The molecule has 1 amide bonds. The predicted octanol–water partition coefficient (Wildman–Crippen LogP) is 2.36. The average Bonchev–Trinajstić information content (AvgIpc) is 2.69. The summed E-state index contributed by atoms with van der Waals surface area (Å²) in [6.45, 7) is 2.85. The van der Waals surface area contributed by atoms with E-state index in [-0.39, 0.29) is 23.1 Å². The summed E-state index contributed by atoms with van der Waals surface area (Å²) in [6, 6.07) is 14.0. The molecule has 1 heterocycles. The van der Waals surface area contributed by atoms with Crippen LogP contribution < -0.4 is 15.0 Å². The maximum Gasteiger partial charge on any atom is 0.292 e. The van der Waals surface area contributed by atoms with Gasteiger partial charge < -0.3 is 15.0 Å². The van der Waals surface area contributed by atoms with E-state index >= 15 is 0 Å². The minimum absolute atomic E-state index is 0.111. The number of carbonyl (C=O) groups is 1. The first-order valence-corrected chi connectivity index (χ1v) is 8.72. The predicted molar refractivity (Wildman–Crippen MR) is 103 cm³/mol. The minimum atomic E-state index is -0.359. The molecule has 0 spiro atoms. The first-order valence-electron chi connectivity index (χ1n) is 8.72. The number of methoxy groups -OCH3 is 1. The molecule has 27 heavy (non-hydrogen) atoms. The van der Waals surface area contributed by atoms with E-state index in [4.69, 9.17) is 4.74 Å². The van der Waals surface area contributed by atoms with Gasteiger partial charge in [0.2, 0.25) is 5.91 Å². The number of hydrogen-bond donors (Lipinski definition) is 1. The van der Waals surface area contributed by atoms with Gasteiger partial charge >= 0.3 is 0 Å². The molecule has 8 heteroatoms. The molecule has 0 radical (unpaired) electrons. The van der Waals surface area contributed by atoms with Crippen molar-refractivity contribution in [3.05, 3.63) is 58.6 Å². The molecule has 8 nitrogen and oxygen atoms in total. The Morgan fingerprint density at radius 1 is 1.11 bits per heavy atom. The quantitative estimate of drug-likeness (QED) is 0.620. The van der Waals surface area contributed by atoms with Gasteiger partial charge in [-0.15, -0.1) is 0 Å². The third kappa shape index (κ3) is 4.53. The van der Waals surface area contributed by atoms with Gasteiger partial charge in [-0.2, -0.15) is 0 Å². The number of ether oxygens (including phenoxy) is 1. The summed E-state index contributed by atoms with van der Waals surface area (Å²) in [6.07, 6.45) is 0. The van der Waals surface area contributed by atoms with Gasteiger partial charge in [0.05, 0.1) is 24.3 Å². The van der Waals surface area contributed by atoms with Crippen molar-refractivity contribution in [1.82, 2.24) is 4.90 Å². The standard InChI is InChI=1S/C19H22N4O4/c1-27-18-9-5-2-6-15(18)20-19(24)14-21-10-12-22(13-11-21)16-7-3-4-8-17(16)23(25)26/h2-9H,10-14H2,1H3,(H,20,24). The Balaban J connectivity index is 1.55. The van der Waals surface area contributed by atoms with E-state index in [0.717, 1.165) is 0 Å². The van der Waals surface area contributed by atoms with Crippen LogP contribution >= 0.6 is 0 Å². The maximum atomic E-state index is 12.3. The van der Waals surface area contributed by atoms with E-state index in [0.29, 0.717) is 43.3 Å². The van der Waals surface area contributed by atoms with E-state index in [1.807, 2.05) is 21.9 Å². The van der Waals surface area contributed by atoms with Crippen molar-refractivity contribution < 1.29 is 14.5 Å². The molecule has 0 bridgehead atoms. The highest BCUT2D eigenvalue weighted by Gasteiger charge is 2.24. The van der Waals surface area contributed by atoms with Crippen LogP contribution in [-0.4, -0.2) is 55.6 Å². The molecule has 0 unspecified atom stereocenters. The second kappa shape index (κ2) is 8.50. The van der Waals surface area contributed by atoms with E-state index in [2.05, 4.69) is 5.32 Å². The fraction of sp³-hybridized carbons (Fsp3) is 0.316. The zero-order chi connectivity index (χ0) is 19.2. The Bertz CT molecular complexity index is 819. The van der Waals surface area contributed by atoms with Crippen molar-refractivity contribution >= 4 is 23.0 Å². The van der Waals surface area contributed by atoms with E-state index < -0.39 is 0 Å². The molecule has 1 fully saturated rings. The molecule has 0 saturated carbocycles. The van der Waals surface area contributed by atoms with Crippen molar-refractivity contribution in [2.75, 3.05) is 50.1 Å². The number of benzene rings is 2. The molecule has 0 atom stereocenters.